The van der Waals surface area contributed by atoms with E-state index in [-0.39, 0.29) is 5.91 Å². The Labute approximate surface area is 145 Å². The number of hydrogen-bond acceptors (Lipinski definition) is 3. The van der Waals surface area contributed by atoms with Gasteiger partial charge in [0.1, 0.15) is 5.82 Å². The maximum atomic E-state index is 12.0. The van der Waals surface area contributed by atoms with Crippen molar-refractivity contribution >= 4 is 34.7 Å². The number of carbonyl (C=O) groups excluding carboxylic acids is 1. The van der Waals surface area contributed by atoms with Gasteiger partial charge < -0.3 is 10.6 Å². The van der Waals surface area contributed by atoms with Crippen molar-refractivity contribution in [1.29, 1.82) is 0 Å². The van der Waals surface area contributed by atoms with Crippen LogP contribution in [0.3, 0.4) is 0 Å². The summed E-state index contributed by atoms with van der Waals surface area (Å²) in [6.07, 6.45) is 1.96. The number of benzene rings is 2. The lowest BCUT2D eigenvalue weighted by molar-refractivity contribution is -0.115. The Balaban J connectivity index is 1.59. The lowest BCUT2D eigenvalue weighted by atomic mass is 10.1. The van der Waals surface area contributed by atoms with E-state index in [0.717, 1.165) is 11.3 Å². The lowest BCUT2D eigenvalue weighted by Crippen LogP contribution is -2.14. The molecular formula is C19H16ClN3O. The maximum Gasteiger partial charge on any atom is 0.228 e. The summed E-state index contributed by atoms with van der Waals surface area (Å²) in [6, 6.07) is 20.6. The fourth-order valence-electron chi connectivity index (χ4n) is 2.24. The number of nitrogens with one attached hydrogen (secondary N) is 2. The first-order valence-electron chi connectivity index (χ1n) is 7.51. The van der Waals surface area contributed by atoms with E-state index < -0.39 is 0 Å². The summed E-state index contributed by atoms with van der Waals surface area (Å²) in [5.74, 6) is 0.608. The van der Waals surface area contributed by atoms with Gasteiger partial charge in [0, 0.05) is 10.7 Å². The Morgan fingerprint density at radius 2 is 1.79 bits per heavy atom. The molecule has 0 atom stereocenters. The van der Waals surface area contributed by atoms with Gasteiger partial charge in [-0.2, -0.15) is 0 Å². The predicted octanol–water partition coefficient (Wildman–Crippen LogP) is 4.66. The van der Waals surface area contributed by atoms with Crippen molar-refractivity contribution in [3.63, 3.8) is 0 Å². The summed E-state index contributed by atoms with van der Waals surface area (Å²) in [7, 11) is 0. The minimum absolute atomic E-state index is 0.0708. The molecule has 0 saturated carbocycles. The van der Waals surface area contributed by atoms with E-state index in [2.05, 4.69) is 15.6 Å². The smallest absolute Gasteiger partial charge is 0.228 e. The number of nitrogens with zero attached hydrogens (tertiary/aromatic N) is 1. The predicted molar refractivity (Wildman–Crippen MR) is 97.7 cm³/mol. The summed E-state index contributed by atoms with van der Waals surface area (Å²) in [6.45, 7) is 0. The molecule has 0 radical (unpaired) electrons. The number of anilines is 3. The van der Waals surface area contributed by atoms with Crippen molar-refractivity contribution in [2.45, 2.75) is 6.42 Å². The second-order valence-electron chi connectivity index (χ2n) is 5.28. The van der Waals surface area contributed by atoms with E-state index in [1.807, 2.05) is 60.7 Å². The van der Waals surface area contributed by atoms with Gasteiger partial charge in [0.25, 0.3) is 0 Å². The zero-order chi connectivity index (χ0) is 16.8. The van der Waals surface area contributed by atoms with Crippen LogP contribution < -0.4 is 10.6 Å². The van der Waals surface area contributed by atoms with Crippen LogP contribution in [-0.2, 0) is 11.2 Å². The number of halogens is 1. The fraction of sp³-hybridized carbons (Fsp3) is 0.0526. The van der Waals surface area contributed by atoms with Crippen LogP contribution in [0.5, 0.6) is 0 Å². The van der Waals surface area contributed by atoms with Gasteiger partial charge in [0.2, 0.25) is 5.91 Å². The van der Waals surface area contributed by atoms with Crippen LogP contribution in [0.2, 0.25) is 5.02 Å². The third kappa shape index (κ3) is 4.57. The minimum atomic E-state index is -0.0708. The Kier molecular flexibility index (Phi) is 5.08. The minimum Gasteiger partial charge on any atom is -0.340 e. The molecule has 0 fully saturated rings. The molecule has 0 aliphatic rings. The zero-order valence-corrected chi connectivity index (χ0v) is 13.6. The molecule has 120 valence electrons. The molecule has 5 heteroatoms. The molecule has 0 saturated heterocycles. The second kappa shape index (κ2) is 7.62. The number of hydrogen-bond donors (Lipinski definition) is 2. The topological polar surface area (TPSA) is 54.0 Å². The van der Waals surface area contributed by atoms with Crippen LogP contribution in [0.25, 0.3) is 0 Å². The Morgan fingerprint density at radius 1 is 0.958 bits per heavy atom. The van der Waals surface area contributed by atoms with Crippen molar-refractivity contribution in [2.75, 3.05) is 10.6 Å². The first-order chi connectivity index (χ1) is 11.7. The van der Waals surface area contributed by atoms with Gasteiger partial charge >= 0.3 is 0 Å². The molecule has 0 bridgehead atoms. The molecule has 3 rings (SSSR count). The molecule has 2 N–H and O–H groups in total. The van der Waals surface area contributed by atoms with Gasteiger partial charge in [-0.05, 0) is 35.9 Å². The van der Waals surface area contributed by atoms with Crippen LogP contribution in [0, 0.1) is 0 Å². The summed E-state index contributed by atoms with van der Waals surface area (Å²) in [5, 5.41) is 6.65. The molecule has 0 aliphatic heterocycles. The molecule has 0 spiro atoms. The van der Waals surface area contributed by atoms with Crippen LogP contribution in [0.1, 0.15) is 5.56 Å². The van der Waals surface area contributed by atoms with Crippen LogP contribution in [0.15, 0.2) is 72.9 Å². The van der Waals surface area contributed by atoms with Gasteiger partial charge in [-0.1, -0.05) is 48.0 Å². The zero-order valence-electron chi connectivity index (χ0n) is 12.9. The van der Waals surface area contributed by atoms with Crippen molar-refractivity contribution in [1.82, 2.24) is 4.98 Å². The molecule has 1 aromatic heterocycles. The second-order valence-corrected chi connectivity index (χ2v) is 5.71. The fourth-order valence-corrected chi connectivity index (χ4v) is 2.43. The van der Waals surface area contributed by atoms with E-state index in [1.54, 1.807) is 12.3 Å². The first-order valence-corrected chi connectivity index (χ1v) is 7.89. The molecule has 24 heavy (non-hydrogen) atoms. The molecule has 0 unspecified atom stereocenters. The normalized spacial score (nSPS) is 10.2. The third-order valence-electron chi connectivity index (χ3n) is 3.35. The van der Waals surface area contributed by atoms with Crippen molar-refractivity contribution in [3.05, 3.63) is 83.5 Å². The Morgan fingerprint density at radius 3 is 2.50 bits per heavy atom. The molecule has 1 heterocycles. The van der Waals surface area contributed by atoms with E-state index in [0.29, 0.717) is 22.9 Å². The highest BCUT2D eigenvalue weighted by atomic mass is 35.5. The highest BCUT2D eigenvalue weighted by Gasteiger charge is 2.04. The average molecular weight is 338 g/mol. The summed E-state index contributed by atoms with van der Waals surface area (Å²) >= 11 is 5.95. The number of amides is 1. The first kappa shape index (κ1) is 16.0. The van der Waals surface area contributed by atoms with Crippen LogP contribution in [-0.4, -0.2) is 10.9 Å². The Hall–Kier alpha value is -2.85. The van der Waals surface area contributed by atoms with Gasteiger partial charge in [0.15, 0.2) is 0 Å². The van der Waals surface area contributed by atoms with E-state index in [4.69, 9.17) is 11.6 Å². The van der Waals surface area contributed by atoms with E-state index in [1.165, 1.54) is 0 Å². The van der Waals surface area contributed by atoms with Gasteiger partial charge in [-0.15, -0.1) is 0 Å². The number of rotatable bonds is 5. The number of aromatic nitrogens is 1. The molecule has 1 amide bonds. The SMILES string of the molecule is O=C(Cc1ccccc1)Nc1ccc(Nc2cccc(Cl)c2)nc1. The van der Waals surface area contributed by atoms with Crippen molar-refractivity contribution in [3.8, 4) is 0 Å². The highest BCUT2D eigenvalue weighted by molar-refractivity contribution is 6.30. The largest absolute Gasteiger partial charge is 0.340 e. The van der Waals surface area contributed by atoms with Gasteiger partial charge in [-0.3, -0.25) is 4.79 Å². The quantitative estimate of drug-likeness (QED) is 0.712. The highest BCUT2D eigenvalue weighted by Crippen LogP contribution is 2.19. The third-order valence-corrected chi connectivity index (χ3v) is 3.59. The summed E-state index contributed by atoms with van der Waals surface area (Å²) < 4.78 is 0. The molecule has 0 aliphatic carbocycles. The lowest BCUT2D eigenvalue weighted by Gasteiger charge is -2.08. The monoisotopic (exact) mass is 337 g/mol. The van der Waals surface area contributed by atoms with Crippen molar-refractivity contribution < 1.29 is 4.79 Å². The van der Waals surface area contributed by atoms with Gasteiger partial charge in [-0.25, -0.2) is 4.98 Å². The number of carbonyl (C=O) groups is 1. The Bertz CT molecular complexity index is 820. The molecule has 4 nitrogen and oxygen atoms in total. The molecular weight excluding hydrogens is 322 g/mol. The van der Waals surface area contributed by atoms with E-state index in [9.17, 15) is 4.79 Å². The molecule has 3 aromatic rings. The van der Waals surface area contributed by atoms with Crippen molar-refractivity contribution in [2.24, 2.45) is 0 Å². The van der Waals surface area contributed by atoms with E-state index >= 15 is 0 Å². The van der Waals surface area contributed by atoms with Crippen LogP contribution >= 0.6 is 11.6 Å². The number of pyridine rings is 1. The summed E-state index contributed by atoms with van der Waals surface area (Å²) in [5.41, 5.74) is 2.49. The maximum absolute atomic E-state index is 12.0. The standard InChI is InChI=1S/C19H16ClN3O/c20-15-7-4-8-16(12-15)22-18-10-9-17(13-21-18)23-19(24)11-14-5-2-1-3-6-14/h1-10,12-13H,11H2,(H,21,22)(H,23,24). The van der Waals surface area contributed by atoms with Gasteiger partial charge in [0.05, 0.1) is 18.3 Å². The average Bonchev–Trinajstić information content (AvgIpc) is 2.57. The van der Waals surface area contributed by atoms with Crippen LogP contribution in [0.4, 0.5) is 17.2 Å². The summed E-state index contributed by atoms with van der Waals surface area (Å²) in [4.78, 5) is 16.3. The molecule has 2 aromatic carbocycles.